The number of para-hydroxylation sites is 2. The van der Waals surface area contributed by atoms with E-state index in [4.69, 9.17) is 9.84 Å². The van der Waals surface area contributed by atoms with Crippen molar-refractivity contribution in [2.24, 2.45) is 0 Å². The van der Waals surface area contributed by atoms with Crippen molar-refractivity contribution < 1.29 is 24.5 Å². The smallest absolute Gasteiger partial charge is 0.337 e. The number of benzene rings is 1. The molecular weight excluding hydrogens is 214 g/mol. The van der Waals surface area contributed by atoms with Crippen molar-refractivity contribution in [2.45, 2.75) is 12.2 Å². The van der Waals surface area contributed by atoms with Crippen LogP contribution in [-0.4, -0.2) is 34.3 Å². The summed E-state index contributed by atoms with van der Waals surface area (Å²) in [6.45, 7) is 0. The van der Waals surface area contributed by atoms with Gasteiger partial charge in [0.05, 0.1) is 5.69 Å². The van der Waals surface area contributed by atoms with Gasteiger partial charge in [0.15, 0.2) is 6.10 Å². The lowest BCUT2D eigenvalue weighted by Gasteiger charge is -2.27. The third-order valence-electron chi connectivity index (χ3n) is 2.20. The van der Waals surface area contributed by atoms with Gasteiger partial charge in [-0.2, -0.15) is 0 Å². The van der Waals surface area contributed by atoms with E-state index in [1.54, 1.807) is 24.3 Å². The van der Waals surface area contributed by atoms with Crippen LogP contribution < -0.4 is 10.1 Å². The number of aliphatic hydroxyl groups excluding tert-OH is 1. The van der Waals surface area contributed by atoms with E-state index in [9.17, 15) is 14.7 Å². The molecule has 0 saturated carbocycles. The quantitative estimate of drug-likeness (QED) is 0.647. The van der Waals surface area contributed by atoms with Crippen molar-refractivity contribution in [1.29, 1.82) is 0 Å². The highest BCUT2D eigenvalue weighted by atomic mass is 16.5. The molecule has 0 fully saturated rings. The molecule has 1 heterocycles. The molecule has 1 aliphatic rings. The second kappa shape index (κ2) is 3.82. The van der Waals surface area contributed by atoms with Crippen LogP contribution >= 0.6 is 0 Å². The first-order valence-corrected chi connectivity index (χ1v) is 4.57. The molecule has 1 amide bonds. The molecule has 0 aliphatic carbocycles. The largest absolute Gasteiger partial charge is 0.479 e. The van der Waals surface area contributed by atoms with Crippen molar-refractivity contribution in [3.63, 3.8) is 0 Å². The van der Waals surface area contributed by atoms with Crippen molar-refractivity contribution in [3.05, 3.63) is 24.3 Å². The first-order chi connectivity index (χ1) is 7.59. The van der Waals surface area contributed by atoms with Gasteiger partial charge in [0.2, 0.25) is 6.10 Å². The highest BCUT2D eigenvalue weighted by molar-refractivity contribution is 6.00. The van der Waals surface area contributed by atoms with Crippen LogP contribution in [0, 0.1) is 0 Å². The summed E-state index contributed by atoms with van der Waals surface area (Å²) in [4.78, 5) is 22.0. The van der Waals surface area contributed by atoms with Gasteiger partial charge in [0.25, 0.3) is 5.91 Å². The SMILES string of the molecule is O=C(O)C(O)C1Oc2ccccc2NC1=O. The van der Waals surface area contributed by atoms with Gasteiger partial charge in [-0.1, -0.05) is 12.1 Å². The van der Waals surface area contributed by atoms with E-state index in [1.807, 2.05) is 0 Å². The fourth-order valence-electron chi connectivity index (χ4n) is 1.40. The third-order valence-corrected chi connectivity index (χ3v) is 2.20. The molecule has 84 valence electrons. The summed E-state index contributed by atoms with van der Waals surface area (Å²) in [5.74, 6) is -1.83. The van der Waals surface area contributed by atoms with Crippen LogP contribution in [0.1, 0.15) is 0 Å². The molecule has 16 heavy (non-hydrogen) atoms. The Labute approximate surface area is 90.5 Å². The molecule has 1 aliphatic heterocycles. The molecule has 3 N–H and O–H groups in total. The Balaban J connectivity index is 2.28. The Morgan fingerprint density at radius 3 is 2.81 bits per heavy atom. The van der Waals surface area contributed by atoms with Gasteiger partial charge in [-0.3, -0.25) is 4.79 Å². The summed E-state index contributed by atoms with van der Waals surface area (Å²) in [5, 5.41) is 20.3. The Kier molecular flexibility index (Phi) is 2.49. The van der Waals surface area contributed by atoms with Gasteiger partial charge < -0.3 is 20.3 Å². The zero-order valence-electron chi connectivity index (χ0n) is 8.08. The maximum atomic E-state index is 11.4. The number of carbonyl (C=O) groups excluding carboxylic acids is 1. The molecule has 2 unspecified atom stereocenters. The lowest BCUT2D eigenvalue weighted by Crippen LogP contribution is -2.48. The number of hydrogen-bond donors (Lipinski definition) is 3. The number of aliphatic carboxylic acids is 1. The summed E-state index contributed by atoms with van der Waals surface area (Å²) in [6.07, 6.45) is -3.30. The number of anilines is 1. The number of aliphatic hydroxyl groups is 1. The van der Waals surface area contributed by atoms with E-state index < -0.39 is 24.1 Å². The molecule has 2 atom stereocenters. The fourth-order valence-corrected chi connectivity index (χ4v) is 1.40. The molecule has 0 bridgehead atoms. The topological polar surface area (TPSA) is 95.9 Å². The van der Waals surface area contributed by atoms with E-state index in [2.05, 4.69) is 5.32 Å². The van der Waals surface area contributed by atoms with E-state index >= 15 is 0 Å². The predicted molar refractivity (Wildman–Crippen MR) is 53.1 cm³/mol. The van der Waals surface area contributed by atoms with Crippen molar-refractivity contribution in [3.8, 4) is 5.75 Å². The molecule has 0 radical (unpaired) electrons. The number of ether oxygens (including phenoxy) is 1. The molecular formula is C10H9NO5. The minimum Gasteiger partial charge on any atom is -0.479 e. The molecule has 1 aromatic rings. The minimum atomic E-state index is -1.88. The van der Waals surface area contributed by atoms with Gasteiger partial charge >= 0.3 is 5.97 Å². The third kappa shape index (κ3) is 1.70. The summed E-state index contributed by atoms with van der Waals surface area (Å²) >= 11 is 0. The van der Waals surface area contributed by atoms with E-state index in [0.717, 1.165) is 0 Å². The van der Waals surface area contributed by atoms with Gasteiger partial charge in [0, 0.05) is 0 Å². The van der Waals surface area contributed by atoms with Gasteiger partial charge in [-0.05, 0) is 12.1 Å². The minimum absolute atomic E-state index is 0.340. The summed E-state index contributed by atoms with van der Waals surface area (Å²) in [6, 6.07) is 6.59. The highest BCUT2D eigenvalue weighted by Gasteiger charge is 2.37. The summed E-state index contributed by atoms with van der Waals surface area (Å²) in [7, 11) is 0. The van der Waals surface area contributed by atoms with Crippen LogP contribution in [0.2, 0.25) is 0 Å². The number of amides is 1. The second-order valence-corrected chi connectivity index (χ2v) is 3.31. The van der Waals surface area contributed by atoms with E-state index in [1.165, 1.54) is 0 Å². The predicted octanol–water partition coefficient (Wildman–Crippen LogP) is -0.168. The Morgan fingerprint density at radius 2 is 2.12 bits per heavy atom. The van der Waals surface area contributed by atoms with Crippen LogP contribution in [0.15, 0.2) is 24.3 Å². The standard InChI is InChI=1S/C10H9NO5/c12-7(10(14)15)8-9(13)11-5-3-1-2-4-6(5)16-8/h1-4,7-8,12H,(H,11,13)(H,14,15). The molecule has 0 saturated heterocycles. The Hall–Kier alpha value is -2.08. The molecule has 2 rings (SSSR count). The average molecular weight is 223 g/mol. The van der Waals surface area contributed by atoms with Crippen LogP contribution in [0.25, 0.3) is 0 Å². The Bertz CT molecular complexity index is 445. The normalized spacial score (nSPS) is 20.3. The summed E-state index contributed by atoms with van der Waals surface area (Å²) in [5.41, 5.74) is 0.460. The second-order valence-electron chi connectivity index (χ2n) is 3.31. The molecule has 6 heteroatoms. The maximum absolute atomic E-state index is 11.4. The van der Waals surface area contributed by atoms with Crippen LogP contribution in [0.4, 0.5) is 5.69 Å². The zero-order valence-corrected chi connectivity index (χ0v) is 8.08. The molecule has 1 aromatic carbocycles. The van der Waals surface area contributed by atoms with Crippen molar-refractivity contribution in [1.82, 2.24) is 0 Å². The van der Waals surface area contributed by atoms with Crippen molar-refractivity contribution in [2.75, 3.05) is 5.32 Å². The lowest BCUT2D eigenvalue weighted by atomic mass is 10.1. The fraction of sp³-hybridized carbons (Fsp3) is 0.200. The first-order valence-electron chi connectivity index (χ1n) is 4.57. The number of fused-ring (bicyclic) bond motifs is 1. The summed E-state index contributed by atoms with van der Waals surface area (Å²) < 4.78 is 5.12. The highest BCUT2D eigenvalue weighted by Crippen LogP contribution is 2.29. The molecule has 0 aromatic heterocycles. The lowest BCUT2D eigenvalue weighted by molar-refractivity contribution is -0.155. The number of carbonyl (C=O) groups is 2. The van der Waals surface area contributed by atoms with Gasteiger partial charge in [-0.15, -0.1) is 0 Å². The molecule has 6 nitrogen and oxygen atoms in total. The number of hydrogen-bond acceptors (Lipinski definition) is 4. The number of rotatable bonds is 2. The average Bonchev–Trinajstić information content (AvgIpc) is 2.27. The molecule has 0 spiro atoms. The maximum Gasteiger partial charge on any atom is 0.337 e. The van der Waals surface area contributed by atoms with Crippen molar-refractivity contribution >= 4 is 17.6 Å². The van der Waals surface area contributed by atoms with E-state index in [0.29, 0.717) is 11.4 Å². The van der Waals surface area contributed by atoms with E-state index in [-0.39, 0.29) is 0 Å². The number of carboxylic acid groups (broad SMARTS) is 1. The van der Waals surface area contributed by atoms with Crippen LogP contribution in [0.3, 0.4) is 0 Å². The number of nitrogens with one attached hydrogen (secondary N) is 1. The zero-order chi connectivity index (χ0) is 11.7. The monoisotopic (exact) mass is 223 g/mol. The van der Waals surface area contributed by atoms with Gasteiger partial charge in [0.1, 0.15) is 5.75 Å². The van der Waals surface area contributed by atoms with Crippen LogP contribution in [-0.2, 0) is 9.59 Å². The number of carboxylic acids is 1. The first kappa shape index (κ1) is 10.4. The Morgan fingerprint density at radius 1 is 1.44 bits per heavy atom. The van der Waals surface area contributed by atoms with Gasteiger partial charge in [-0.25, -0.2) is 4.79 Å². The van der Waals surface area contributed by atoms with Crippen LogP contribution in [0.5, 0.6) is 5.75 Å².